The van der Waals surface area contributed by atoms with Crippen molar-refractivity contribution in [1.29, 1.82) is 0 Å². The largest absolute Gasteiger partial charge is 0.353 e. The Morgan fingerprint density at radius 1 is 1.17 bits per heavy atom. The van der Waals surface area contributed by atoms with Crippen LogP contribution in [0.2, 0.25) is 0 Å². The fraction of sp³-hybridized carbons (Fsp3) is 0.526. The van der Waals surface area contributed by atoms with Gasteiger partial charge in [0.25, 0.3) is 5.56 Å². The topological polar surface area (TPSA) is 41.0 Å². The van der Waals surface area contributed by atoms with Crippen molar-refractivity contribution in [2.24, 2.45) is 7.05 Å². The number of piperidine rings is 1. The van der Waals surface area contributed by atoms with Gasteiger partial charge in [-0.1, -0.05) is 13.3 Å². The molecule has 124 valence electrons. The monoisotopic (exact) mass is 313 g/mol. The highest BCUT2D eigenvalue weighted by atomic mass is 16.1. The first kappa shape index (κ1) is 16.1. The van der Waals surface area contributed by atoms with Crippen molar-refractivity contribution in [3.63, 3.8) is 0 Å². The minimum atomic E-state index is 0.0126. The molecule has 4 heteroatoms. The van der Waals surface area contributed by atoms with Crippen molar-refractivity contribution in [2.75, 3.05) is 13.1 Å². The molecular weight excluding hydrogens is 286 g/mol. The van der Waals surface area contributed by atoms with Gasteiger partial charge in [-0.15, -0.1) is 0 Å². The van der Waals surface area contributed by atoms with E-state index >= 15 is 0 Å². The average molecular weight is 313 g/mol. The maximum atomic E-state index is 12.0. The van der Waals surface area contributed by atoms with Crippen molar-refractivity contribution in [1.82, 2.24) is 14.5 Å². The Morgan fingerprint density at radius 2 is 1.91 bits per heavy atom. The number of aromatic nitrogens is 2. The molecule has 0 radical (unpaired) electrons. The molecule has 23 heavy (non-hydrogen) atoms. The lowest BCUT2D eigenvalue weighted by molar-refractivity contribution is 0.216. The fourth-order valence-corrected chi connectivity index (χ4v) is 3.48. The molecule has 0 aromatic carbocycles. The van der Waals surface area contributed by atoms with E-state index in [-0.39, 0.29) is 5.56 Å². The summed E-state index contributed by atoms with van der Waals surface area (Å²) in [4.78, 5) is 17.6. The standard InChI is InChI=1S/C19H27N3O/c1-4-15-10-14(2)19(23)20-18(15)16-11-17(21(3)12-16)13-22-8-6-5-7-9-22/h10-12H,4-9,13H2,1-3H3,(H,20,23). The molecule has 0 aliphatic carbocycles. The van der Waals surface area contributed by atoms with Gasteiger partial charge < -0.3 is 9.55 Å². The van der Waals surface area contributed by atoms with E-state index in [1.807, 2.05) is 13.0 Å². The second-order valence-electron chi connectivity index (χ2n) is 6.70. The van der Waals surface area contributed by atoms with Crippen LogP contribution in [-0.4, -0.2) is 27.5 Å². The molecule has 1 aliphatic rings. The number of aromatic amines is 1. The van der Waals surface area contributed by atoms with Gasteiger partial charge in [0.2, 0.25) is 0 Å². The summed E-state index contributed by atoms with van der Waals surface area (Å²) in [5, 5.41) is 0. The molecule has 0 saturated carbocycles. The first-order chi connectivity index (χ1) is 11.1. The van der Waals surface area contributed by atoms with Crippen LogP contribution in [0.15, 0.2) is 23.1 Å². The number of hydrogen-bond acceptors (Lipinski definition) is 2. The Kier molecular flexibility index (Phi) is 4.71. The first-order valence-electron chi connectivity index (χ1n) is 8.69. The Hall–Kier alpha value is -1.81. The summed E-state index contributed by atoms with van der Waals surface area (Å²) in [6, 6.07) is 4.25. The van der Waals surface area contributed by atoms with E-state index in [9.17, 15) is 4.79 Å². The summed E-state index contributed by atoms with van der Waals surface area (Å²) in [7, 11) is 2.10. The molecule has 3 heterocycles. The van der Waals surface area contributed by atoms with Gasteiger partial charge in [0, 0.05) is 36.6 Å². The van der Waals surface area contributed by atoms with Crippen molar-refractivity contribution in [2.45, 2.75) is 46.1 Å². The van der Waals surface area contributed by atoms with Crippen molar-refractivity contribution in [3.8, 4) is 11.3 Å². The Morgan fingerprint density at radius 3 is 2.61 bits per heavy atom. The zero-order valence-electron chi connectivity index (χ0n) is 14.5. The number of nitrogens with one attached hydrogen (secondary N) is 1. The number of hydrogen-bond donors (Lipinski definition) is 1. The lowest BCUT2D eigenvalue weighted by atomic mass is 10.0. The highest BCUT2D eigenvalue weighted by Crippen LogP contribution is 2.25. The molecule has 2 aromatic rings. The van der Waals surface area contributed by atoms with Crippen LogP contribution in [0.1, 0.15) is 43.0 Å². The van der Waals surface area contributed by atoms with Crippen LogP contribution in [0.4, 0.5) is 0 Å². The molecule has 1 N–H and O–H groups in total. The molecule has 0 unspecified atom stereocenters. The Bertz CT molecular complexity index is 736. The van der Waals surface area contributed by atoms with E-state index in [0.29, 0.717) is 0 Å². The molecule has 1 fully saturated rings. The van der Waals surface area contributed by atoms with Crippen LogP contribution in [0.5, 0.6) is 0 Å². The average Bonchev–Trinajstić information content (AvgIpc) is 2.91. The zero-order chi connectivity index (χ0) is 16.4. The molecule has 0 spiro atoms. The third kappa shape index (κ3) is 3.42. The van der Waals surface area contributed by atoms with Gasteiger partial charge in [-0.2, -0.15) is 0 Å². The smallest absolute Gasteiger partial charge is 0.251 e. The maximum absolute atomic E-state index is 12.0. The maximum Gasteiger partial charge on any atom is 0.251 e. The summed E-state index contributed by atoms with van der Waals surface area (Å²) >= 11 is 0. The van der Waals surface area contributed by atoms with Gasteiger partial charge in [0.15, 0.2) is 0 Å². The van der Waals surface area contributed by atoms with E-state index in [4.69, 9.17) is 0 Å². The predicted molar refractivity (Wildman–Crippen MR) is 94.7 cm³/mol. The number of rotatable bonds is 4. The zero-order valence-corrected chi connectivity index (χ0v) is 14.5. The molecule has 1 aliphatic heterocycles. The summed E-state index contributed by atoms with van der Waals surface area (Å²) in [6.45, 7) is 7.39. The second kappa shape index (κ2) is 6.75. The lowest BCUT2D eigenvalue weighted by Gasteiger charge is -2.26. The third-order valence-electron chi connectivity index (χ3n) is 4.92. The normalized spacial score (nSPS) is 16.0. The van der Waals surface area contributed by atoms with Gasteiger partial charge in [-0.25, -0.2) is 0 Å². The van der Waals surface area contributed by atoms with Crippen molar-refractivity contribution < 1.29 is 0 Å². The van der Waals surface area contributed by atoms with Crippen LogP contribution in [0.3, 0.4) is 0 Å². The summed E-state index contributed by atoms with van der Waals surface area (Å²) in [6.07, 6.45) is 7.03. The van der Waals surface area contributed by atoms with E-state index in [1.165, 1.54) is 43.6 Å². The van der Waals surface area contributed by atoms with Gasteiger partial charge in [0.1, 0.15) is 0 Å². The van der Waals surface area contributed by atoms with Crippen LogP contribution in [0, 0.1) is 6.92 Å². The van der Waals surface area contributed by atoms with Crippen LogP contribution in [0.25, 0.3) is 11.3 Å². The number of nitrogens with zero attached hydrogens (tertiary/aromatic N) is 2. The Labute approximate surface area is 138 Å². The second-order valence-corrected chi connectivity index (χ2v) is 6.70. The molecule has 0 atom stereocenters. The van der Waals surface area contributed by atoms with Crippen molar-refractivity contribution in [3.05, 3.63) is 45.5 Å². The van der Waals surface area contributed by atoms with Crippen LogP contribution >= 0.6 is 0 Å². The quantitative estimate of drug-likeness (QED) is 0.941. The van der Waals surface area contributed by atoms with Gasteiger partial charge in [-0.3, -0.25) is 9.69 Å². The Balaban J connectivity index is 1.91. The minimum absolute atomic E-state index is 0.0126. The molecule has 2 aromatic heterocycles. The summed E-state index contributed by atoms with van der Waals surface area (Å²) < 4.78 is 2.20. The predicted octanol–water partition coefficient (Wildman–Crippen LogP) is 3.24. The molecule has 1 saturated heterocycles. The highest BCUT2D eigenvalue weighted by molar-refractivity contribution is 5.63. The summed E-state index contributed by atoms with van der Waals surface area (Å²) in [5.74, 6) is 0. The van der Waals surface area contributed by atoms with E-state index in [0.717, 1.165) is 29.8 Å². The molecule has 3 rings (SSSR count). The minimum Gasteiger partial charge on any atom is -0.353 e. The van der Waals surface area contributed by atoms with E-state index in [2.05, 4.69) is 40.7 Å². The molecular formula is C19H27N3O. The SMILES string of the molecule is CCc1cc(C)c(=O)[nH]c1-c1cc(CN2CCCCC2)n(C)c1. The van der Waals surface area contributed by atoms with Crippen LogP contribution < -0.4 is 5.56 Å². The van der Waals surface area contributed by atoms with Gasteiger partial charge in [0.05, 0.1) is 5.69 Å². The highest BCUT2D eigenvalue weighted by Gasteiger charge is 2.15. The van der Waals surface area contributed by atoms with Crippen LogP contribution in [-0.2, 0) is 20.0 Å². The van der Waals surface area contributed by atoms with Gasteiger partial charge >= 0.3 is 0 Å². The first-order valence-corrected chi connectivity index (χ1v) is 8.69. The number of H-pyrrole nitrogens is 1. The summed E-state index contributed by atoms with van der Waals surface area (Å²) in [5.41, 5.74) is 5.41. The molecule has 0 amide bonds. The van der Waals surface area contributed by atoms with Gasteiger partial charge in [-0.05, 0) is 57.0 Å². The fourth-order valence-electron chi connectivity index (χ4n) is 3.48. The van der Waals surface area contributed by atoms with E-state index in [1.54, 1.807) is 0 Å². The number of aryl methyl sites for hydroxylation is 3. The van der Waals surface area contributed by atoms with E-state index < -0.39 is 0 Å². The molecule has 4 nitrogen and oxygen atoms in total. The number of likely N-dealkylation sites (tertiary alicyclic amines) is 1. The number of pyridine rings is 1. The third-order valence-corrected chi connectivity index (χ3v) is 4.92. The lowest BCUT2D eigenvalue weighted by Crippen LogP contribution is -2.29. The molecule has 0 bridgehead atoms. The van der Waals surface area contributed by atoms with Crippen molar-refractivity contribution >= 4 is 0 Å².